The number of nitrogens with one attached hydrogen (secondary N) is 2. The summed E-state index contributed by atoms with van der Waals surface area (Å²) in [5.74, 6) is 1.42. The van der Waals surface area contributed by atoms with Crippen LogP contribution in [0.15, 0.2) is 18.2 Å². The second kappa shape index (κ2) is 8.17. The molecule has 7 nitrogen and oxygen atoms in total. The number of likely N-dealkylation sites (tertiary alicyclic amines) is 1. The molecule has 7 heteroatoms. The summed E-state index contributed by atoms with van der Waals surface area (Å²) in [7, 11) is 0. The number of nitrogens with zero attached hydrogens (tertiary/aromatic N) is 1. The third kappa shape index (κ3) is 4.18. The maximum atomic E-state index is 12.6. The largest absolute Gasteiger partial charge is 0.486 e. The van der Waals surface area contributed by atoms with Crippen LogP contribution in [0, 0.1) is 0 Å². The summed E-state index contributed by atoms with van der Waals surface area (Å²) in [6.07, 6.45) is 4.69. The molecule has 2 saturated heterocycles. The Balaban J connectivity index is 1.39. The molecular formula is C20H27N3O4. The van der Waals surface area contributed by atoms with E-state index in [0.29, 0.717) is 32.7 Å². The lowest BCUT2D eigenvalue weighted by Crippen LogP contribution is -2.48. The first kappa shape index (κ1) is 18.1. The molecule has 3 aliphatic rings. The third-order valence-electron chi connectivity index (χ3n) is 5.53. The van der Waals surface area contributed by atoms with Crippen molar-refractivity contribution in [2.45, 2.75) is 44.2 Å². The predicted octanol–water partition coefficient (Wildman–Crippen LogP) is 1.38. The lowest BCUT2D eigenvalue weighted by molar-refractivity contribution is -0.129. The van der Waals surface area contributed by atoms with Crippen molar-refractivity contribution in [3.8, 4) is 11.5 Å². The lowest BCUT2D eigenvalue weighted by atomic mass is 10.0. The maximum absolute atomic E-state index is 12.6. The van der Waals surface area contributed by atoms with Gasteiger partial charge in [-0.05, 0) is 56.3 Å². The van der Waals surface area contributed by atoms with E-state index in [1.165, 1.54) is 0 Å². The zero-order valence-electron chi connectivity index (χ0n) is 15.5. The Morgan fingerprint density at radius 2 is 2.00 bits per heavy atom. The van der Waals surface area contributed by atoms with Gasteiger partial charge in [-0.1, -0.05) is 6.07 Å². The average molecular weight is 373 g/mol. The van der Waals surface area contributed by atoms with Crippen LogP contribution in [-0.2, 0) is 9.59 Å². The van der Waals surface area contributed by atoms with Crippen molar-refractivity contribution in [1.82, 2.24) is 15.5 Å². The summed E-state index contributed by atoms with van der Waals surface area (Å²) in [4.78, 5) is 26.8. The van der Waals surface area contributed by atoms with Crippen molar-refractivity contribution in [3.05, 3.63) is 23.8 Å². The van der Waals surface area contributed by atoms with Crippen LogP contribution in [-0.4, -0.2) is 55.6 Å². The topological polar surface area (TPSA) is 79.9 Å². The lowest BCUT2D eigenvalue weighted by Gasteiger charge is -2.26. The maximum Gasteiger partial charge on any atom is 0.242 e. The van der Waals surface area contributed by atoms with Crippen LogP contribution in [0.5, 0.6) is 11.5 Å². The van der Waals surface area contributed by atoms with Gasteiger partial charge in [0, 0.05) is 12.6 Å². The van der Waals surface area contributed by atoms with E-state index < -0.39 is 6.04 Å². The summed E-state index contributed by atoms with van der Waals surface area (Å²) < 4.78 is 11.3. The monoisotopic (exact) mass is 373 g/mol. The number of fused-ring (bicyclic) bond motifs is 1. The minimum absolute atomic E-state index is 0.0642. The molecule has 2 fully saturated rings. The van der Waals surface area contributed by atoms with Gasteiger partial charge in [0.25, 0.3) is 0 Å². The van der Waals surface area contributed by atoms with E-state index in [2.05, 4.69) is 21.6 Å². The van der Waals surface area contributed by atoms with E-state index in [9.17, 15) is 9.59 Å². The molecule has 27 heavy (non-hydrogen) atoms. The third-order valence-corrected chi connectivity index (χ3v) is 5.53. The first-order chi connectivity index (χ1) is 13.2. The number of amides is 2. The average Bonchev–Trinajstić information content (AvgIpc) is 3.04. The van der Waals surface area contributed by atoms with E-state index in [4.69, 9.17) is 9.47 Å². The fourth-order valence-electron chi connectivity index (χ4n) is 4.16. The number of carbonyl (C=O) groups is 2. The Morgan fingerprint density at radius 3 is 2.89 bits per heavy atom. The van der Waals surface area contributed by atoms with Crippen LogP contribution < -0.4 is 20.1 Å². The van der Waals surface area contributed by atoms with Gasteiger partial charge in [-0.2, -0.15) is 0 Å². The van der Waals surface area contributed by atoms with Gasteiger partial charge >= 0.3 is 0 Å². The second-order valence-corrected chi connectivity index (χ2v) is 7.44. The number of benzene rings is 1. The summed E-state index contributed by atoms with van der Waals surface area (Å²) in [5, 5.41) is 5.78. The highest BCUT2D eigenvalue weighted by molar-refractivity contribution is 5.88. The molecule has 0 unspecified atom stereocenters. The summed E-state index contributed by atoms with van der Waals surface area (Å²) in [6.45, 7) is 3.03. The fourth-order valence-corrected chi connectivity index (χ4v) is 4.16. The standard InChI is InChI=1S/C20H27N3O4/c24-19(22-15-4-1-2-8-21-20(15)25)13-23-9-3-5-16(23)14-6-7-17-18(12-14)27-11-10-26-17/h6-7,12,15-16H,1-5,8-11,13H2,(H,21,25)(H,22,24)/t15-,16-/m1/s1. The van der Waals surface area contributed by atoms with Gasteiger partial charge in [-0.15, -0.1) is 0 Å². The summed E-state index contributed by atoms with van der Waals surface area (Å²) in [5.41, 5.74) is 1.15. The van der Waals surface area contributed by atoms with Crippen molar-refractivity contribution in [2.75, 3.05) is 32.8 Å². The molecule has 2 amide bonds. The highest BCUT2D eigenvalue weighted by Crippen LogP contribution is 2.37. The van der Waals surface area contributed by atoms with Crippen molar-refractivity contribution < 1.29 is 19.1 Å². The Bertz CT molecular complexity index is 708. The van der Waals surface area contributed by atoms with Crippen LogP contribution in [0.4, 0.5) is 0 Å². The van der Waals surface area contributed by atoms with Crippen molar-refractivity contribution in [3.63, 3.8) is 0 Å². The molecule has 3 heterocycles. The zero-order valence-corrected chi connectivity index (χ0v) is 15.5. The van der Waals surface area contributed by atoms with Gasteiger partial charge in [0.15, 0.2) is 11.5 Å². The van der Waals surface area contributed by atoms with Crippen LogP contribution in [0.25, 0.3) is 0 Å². The number of ether oxygens (including phenoxy) is 2. The van der Waals surface area contributed by atoms with Gasteiger partial charge in [-0.3, -0.25) is 14.5 Å². The molecule has 0 saturated carbocycles. The van der Waals surface area contributed by atoms with Gasteiger partial charge in [0.2, 0.25) is 11.8 Å². The quantitative estimate of drug-likeness (QED) is 0.834. The summed E-state index contributed by atoms with van der Waals surface area (Å²) >= 11 is 0. The van der Waals surface area contributed by atoms with Crippen molar-refractivity contribution in [1.29, 1.82) is 0 Å². The second-order valence-electron chi connectivity index (χ2n) is 7.44. The van der Waals surface area contributed by atoms with Crippen LogP contribution in [0.1, 0.15) is 43.7 Å². The van der Waals surface area contributed by atoms with Crippen LogP contribution >= 0.6 is 0 Å². The van der Waals surface area contributed by atoms with E-state index in [-0.39, 0.29) is 17.9 Å². The van der Waals surface area contributed by atoms with Crippen molar-refractivity contribution in [2.24, 2.45) is 0 Å². The van der Waals surface area contributed by atoms with Gasteiger partial charge in [0.1, 0.15) is 19.3 Å². The van der Waals surface area contributed by atoms with Crippen molar-refractivity contribution >= 4 is 11.8 Å². The van der Waals surface area contributed by atoms with E-state index in [1.807, 2.05) is 12.1 Å². The molecule has 146 valence electrons. The molecule has 2 N–H and O–H groups in total. The molecule has 1 aromatic carbocycles. The van der Waals surface area contributed by atoms with Gasteiger partial charge in [0.05, 0.1) is 6.54 Å². The zero-order chi connectivity index (χ0) is 18.6. The Kier molecular flexibility index (Phi) is 5.48. The van der Waals surface area contributed by atoms with Gasteiger partial charge in [-0.25, -0.2) is 0 Å². The molecule has 0 spiro atoms. The number of hydrogen-bond donors (Lipinski definition) is 2. The number of hydrogen-bond acceptors (Lipinski definition) is 5. The first-order valence-corrected chi connectivity index (χ1v) is 9.91. The minimum atomic E-state index is -0.407. The molecular weight excluding hydrogens is 346 g/mol. The molecule has 4 rings (SSSR count). The van der Waals surface area contributed by atoms with Crippen LogP contribution in [0.2, 0.25) is 0 Å². The summed E-state index contributed by atoms with van der Waals surface area (Å²) in [6, 6.07) is 5.84. The highest BCUT2D eigenvalue weighted by atomic mass is 16.6. The number of carbonyl (C=O) groups excluding carboxylic acids is 2. The highest BCUT2D eigenvalue weighted by Gasteiger charge is 2.30. The van der Waals surface area contributed by atoms with Crippen LogP contribution in [0.3, 0.4) is 0 Å². The smallest absolute Gasteiger partial charge is 0.242 e. The van der Waals surface area contributed by atoms with E-state index in [0.717, 1.165) is 49.3 Å². The molecule has 2 atom stereocenters. The first-order valence-electron chi connectivity index (χ1n) is 9.91. The van der Waals surface area contributed by atoms with E-state index in [1.54, 1.807) is 0 Å². The van der Waals surface area contributed by atoms with E-state index >= 15 is 0 Å². The Hall–Kier alpha value is -2.28. The number of rotatable bonds is 4. The predicted molar refractivity (Wildman–Crippen MR) is 99.8 cm³/mol. The molecule has 1 aromatic rings. The Labute approximate surface area is 159 Å². The molecule has 0 aliphatic carbocycles. The minimum Gasteiger partial charge on any atom is -0.486 e. The fraction of sp³-hybridized carbons (Fsp3) is 0.600. The SMILES string of the molecule is O=C(CN1CCC[C@@H]1c1ccc2c(c1)OCCO2)N[C@@H]1CCCCNC1=O. The Morgan fingerprint density at radius 1 is 1.15 bits per heavy atom. The molecule has 0 aromatic heterocycles. The van der Waals surface area contributed by atoms with Gasteiger partial charge < -0.3 is 20.1 Å². The normalized spacial score (nSPS) is 25.6. The molecule has 0 radical (unpaired) electrons. The molecule has 0 bridgehead atoms. The molecule has 3 aliphatic heterocycles.